The van der Waals surface area contributed by atoms with Gasteiger partial charge in [0.25, 0.3) is 0 Å². The van der Waals surface area contributed by atoms with Crippen molar-refractivity contribution in [2.75, 3.05) is 12.4 Å². The van der Waals surface area contributed by atoms with Crippen LogP contribution in [0.1, 0.15) is 26.7 Å². The molecule has 0 heterocycles. The van der Waals surface area contributed by atoms with E-state index in [0.29, 0.717) is 17.4 Å². The van der Waals surface area contributed by atoms with Crippen LogP contribution >= 0.6 is 24.2 Å². The molecule has 0 spiro atoms. The first-order valence-corrected chi connectivity index (χ1v) is 7.16. The highest BCUT2D eigenvalue weighted by atomic mass is 35.5. The number of hydrogen-bond acceptors (Lipinski definition) is 4. The van der Waals surface area contributed by atoms with Crippen molar-refractivity contribution >= 4 is 29.9 Å². The fourth-order valence-electron chi connectivity index (χ4n) is 1.71. The summed E-state index contributed by atoms with van der Waals surface area (Å²) in [6.07, 6.45) is 1.81. The van der Waals surface area contributed by atoms with E-state index >= 15 is 0 Å². The van der Waals surface area contributed by atoms with Gasteiger partial charge in [-0.1, -0.05) is 25.4 Å². The lowest BCUT2D eigenvalue weighted by Crippen LogP contribution is -2.29. The minimum absolute atomic E-state index is 0.0651. The molecular formula is C13H18ClNO3S. The molecule has 0 aliphatic carbocycles. The molecule has 19 heavy (non-hydrogen) atoms. The van der Waals surface area contributed by atoms with Crippen molar-refractivity contribution in [3.63, 3.8) is 0 Å². The molecule has 0 radical (unpaired) electrons. The molecule has 0 amide bonds. The number of halogens is 1. The lowest BCUT2D eigenvalue weighted by molar-refractivity contribution is -0.386. The average Bonchev–Trinajstić information content (AvgIpc) is 2.40. The van der Waals surface area contributed by atoms with E-state index < -0.39 is 4.92 Å². The second-order valence-corrected chi connectivity index (χ2v) is 5.28. The summed E-state index contributed by atoms with van der Waals surface area (Å²) < 4.78 is 5.64. The average molecular weight is 304 g/mol. The molecule has 1 aromatic carbocycles. The van der Waals surface area contributed by atoms with Crippen molar-refractivity contribution < 1.29 is 9.66 Å². The summed E-state index contributed by atoms with van der Waals surface area (Å²) in [5, 5.41) is 11.4. The number of rotatable bonds is 7. The Labute approximate surface area is 123 Å². The van der Waals surface area contributed by atoms with E-state index in [1.807, 2.05) is 0 Å². The predicted molar refractivity (Wildman–Crippen MR) is 80.5 cm³/mol. The quantitative estimate of drug-likeness (QED) is 0.462. The summed E-state index contributed by atoms with van der Waals surface area (Å²) >= 11 is 10.2. The molecule has 0 saturated heterocycles. The van der Waals surface area contributed by atoms with Gasteiger partial charge in [0.15, 0.2) is 5.75 Å². The van der Waals surface area contributed by atoms with Gasteiger partial charge in [0.2, 0.25) is 0 Å². The summed E-state index contributed by atoms with van der Waals surface area (Å²) in [6, 6.07) is 4.32. The second kappa shape index (κ2) is 7.01. The predicted octanol–water partition coefficient (Wildman–Crippen LogP) is 4.36. The minimum atomic E-state index is -0.466. The number of nitro groups is 1. The first-order valence-electron chi connectivity index (χ1n) is 6.15. The van der Waals surface area contributed by atoms with Crippen LogP contribution in [0.15, 0.2) is 18.2 Å². The molecule has 0 N–H and O–H groups in total. The van der Waals surface area contributed by atoms with Crippen LogP contribution < -0.4 is 4.74 Å². The summed E-state index contributed by atoms with van der Waals surface area (Å²) in [4.78, 5) is 10.5. The SMILES string of the molecule is CCC(CC)(CS)COc1cc(Cl)ccc1[N+](=O)[O-]. The van der Waals surface area contributed by atoms with Crippen LogP contribution in [0.25, 0.3) is 0 Å². The minimum Gasteiger partial charge on any atom is -0.486 e. The van der Waals surface area contributed by atoms with Crippen LogP contribution in [0.2, 0.25) is 5.02 Å². The van der Waals surface area contributed by atoms with Crippen molar-refractivity contribution in [1.29, 1.82) is 0 Å². The molecule has 0 aliphatic heterocycles. The number of nitro benzene ring substituents is 1. The van der Waals surface area contributed by atoms with Gasteiger partial charge in [-0.2, -0.15) is 12.6 Å². The Hall–Kier alpha value is -0.940. The first kappa shape index (κ1) is 16.1. The van der Waals surface area contributed by atoms with Gasteiger partial charge in [0.1, 0.15) is 0 Å². The number of benzene rings is 1. The van der Waals surface area contributed by atoms with Gasteiger partial charge < -0.3 is 4.74 Å². The number of hydrogen-bond donors (Lipinski definition) is 1. The highest BCUT2D eigenvalue weighted by Crippen LogP contribution is 2.34. The zero-order valence-electron chi connectivity index (χ0n) is 11.1. The van der Waals surface area contributed by atoms with Gasteiger partial charge in [0, 0.05) is 22.6 Å². The van der Waals surface area contributed by atoms with Crippen molar-refractivity contribution in [2.24, 2.45) is 5.41 Å². The molecule has 0 aliphatic rings. The molecular weight excluding hydrogens is 286 g/mol. The fraction of sp³-hybridized carbons (Fsp3) is 0.538. The molecule has 0 fully saturated rings. The van der Waals surface area contributed by atoms with Gasteiger partial charge >= 0.3 is 5.69 Å². The third kappa shape index (κ3) is 4.01. The summed E-state index contributed by atoms with van der Waals surface area (Å²) in [5.41, 5.74) is -0.135. The highest BCUT2D eigenvalue weighted by Gasteiger charge is 2.27. The lowest BCUT2D eigenvalue weighted by Gasteiger charge is -2.29. The monoisotopic (exact) mass is 303 g/mol. The van der Waals surface area contributed by atoms with Crippen LogP contribution in [0, 0.1) is 15.5 Å². The smallest absolute Gasteiger partial charge is 0.311 e. The fourth-order valence-corrected chi connectivity index (χ4v) is 2.41. The van der Waals surface area contributed by atoms with Crippen molar-refractivity contribution in [1.82, 2.24) is 0 Å². The third-order valence-corrected chi connectivity index (χ3v) is 4.39. The van der Waals surface area contributed by atoms with Crippen LogP contribution in [0.5, 0.6) is 5.75 Å². The number of nitrogens with zero attached hydrogens (tertiary/aromatic N) is 1. The molecule has 0 saturated carbocycles. The van der Waals surface area contributed by atoms with E-state index in [9.17, 15) is 10.1 Å². The topological polar surface area (TPSA) is 52.4 Å². The maximum absolute atomic E-state index is 10.9. The molecule has 106 valence electrons. The zero-order chi connectivity index (χ0) is 14.5. The highest BCUT2D eigenvalue weighted by molar-refractivity contribution is 7.80. The third-order valence-electron chi connectivity index (χ3n) is 3.49. The molecule has 0 aromatic heterocycles. The van der Waals surface area contributed by atoms with Gasteiger partial charge in [-0.25, -0.2) is 0 Å². The van der Waals surface area contributed by atoms with Gasteiger partial charge in [-0.05, 0) is 24.7 Å². The van der Waals surface area contributed by atoms with Crippen LogP contribution in [0.4, 0.5) is 5.69 Å². The van der Waals surface area contributed by atoms with Crippen molar-refractivity contribution in [3.05, 3.63) is 33.3 Å². The summed E-state index contributed by atoms with van der Waals surface area (Å²) in [7, 11) is 0. The molecule has 6 heteroatoms. The molecule has 0 atom stereocenters. The van der Waals surface area contributed by atoms with E-state index in [0.717, 1.165) is 12.8 Å². The van der Waals surface area contributed by atoms with Crippen molar-refractivity contribution in [3.8, 4) is 5.75 Å². The summed E-state index contributed by atoms with van der Waals surface area (Å²) in [6.45, 7) is 4.52. The summed E-state index contributed by atoms with van der Waals surface area (Å²) in [5.74, 6) is 0.888. The lowest BCUT2D eigenvalue weighted by atomic mass is 9.85. The number of ether oxygens (including phenoxy) is 1. The largest absolute Gasteiger partial charge is 0.486 e. The van der Waals surface area contributed by atoms with E-state index in [4.69, 9.17) is 16.3 Å². The van der Waals surface area contributed by atoms with Crippen LogP contribution in [-0.4, -0.2) is 17.3 Å². The van der Waals surface area contributed by atoms with Crippen molar-refractivity contribution in [2.45, 2.75) is 26.7 Å². The van der Waals surface area contributed by atoms with E-state index in [1.54, 1.807) is 0 Å². The van der Waals surface area contributed by atoms with Crippen LogP contribution in [-0.2, 0) is 0 Å². The molecule has 0 unspecified atom stereocenters. The Morgan fingerprint density at radius 1 is 1.42 bits per heavy atom. The molecule has 1 aromatic rings. The maximum atomic E-state index is 10.9. The van der Waals surface area contributed by atoms with Crippen LogP contribution in [0.3, 0.4) is 0 Å². The Balaban J connectivity index is 2.93. The Morgan fingerprint density at radius 2 is 2.05 bits per heavy atom. The molecule has 0 bridgehead atoms. The van der Waals surface area contributed by atoms with E-state index in [-0.39, 0.29) is 16.9 Å². The number of thiol groups is 1. The van der Waals surface area contributed by atoms with E-state index in [2.05, 4.69) is 26.5 Å². The Bertz CT molecular complexity index is 441. The molecule has 1 rings (SSSR count). The standard InChI is InChI=1S/C13H18ClNO3S/c1-3-13(4-2,9-19)8-18-12-7-10(14)5-6-11(12)15(16)17/h5-7,19H,3-4,8-9H2,1-2H3. The second-order valence-electron chi connectivity index (χ2n) is 4.52. The Morgan fingerprint density at radius 3 is 2.53 bits per heavy atom. The first-order chi connectivity index (χ1) is 8.98. The van der Waals surface area contributed by atoms with Gasteiger partial charge in [-0.3, -0.25) is 10.1 Å². The van der Waals surface area contributed by atoms with E-state index in [1.165, 1.54) is 18.2 Å². The molecule has 4 nitrogen and oxygen atoms in total. The zero-order valence-corrected chi connectivity index (χ0v) is 12.7. The normalized spacial score (nSPS) is 11.4. The maximum Gasteiger partial charge on any atom is 0.311 e. The Kier molecular flexibility index (Phi) is 5.94. The van der Waals surface area contributed by atoms with Gasteiger partial charge in [0.05, 0.1) is 11.5 Å². The van der Waals surface area contributed by atoms with Gasteiger partial charge in [-0.15, -0.1) is 0 Å².